The van der Waals surface area contributed by atoms with Crippen molar-refractivity contribution in [2.45, 2.75) is 58.1 Å². The summed E-state index contributed by atoms with van der Waals surface area (Å²) in [5.41, 5.74) is 5.89. The van der Waals surface area contributed by atoms with E-state index in [1.54, 1.807) is 33.0 Å². The van der Waals surface area contributed by atoms with Gasteiger partial charge in [-0.2, -0.15) is 0 Å². The van der Waals surface area contributed by atoms with Crippen molar-refractivity contribution in [3.63, 3.8) is 0 Å². The lowest BCUT2D eigenvalue weighted by molar-refractivity contribution is -0.0463. The number of aromatic nitrogens is 3. The second-order valence-electron chi connectivity index (χ2n) is 10.9. The number of aliphatic hydroxyl groups is 1. The Hall–Kier alpha value is -4.09. The van der Waals surface area contributed by atoms with Crippen LogP contribution in [-0.4, -0.2) is 37.8 Å². The second-order valence-corrected chi connectivity index (χ2v) is 10.9. The summed E-state index contributed by atoms with van der Waals surface area (Å²) in [6.07, 6.45) is 4.20. The number of amides is 1. The van der Waals surface area contributed by atoms with Gasteiger partial charge in [-0.1, -0.05) is 12.1 Å². The molecule has 1 aliphatic carbocycles. The highest BCUT2D eigenvalue weighted by molar-refractivity contribution is 6.03. The van der Waals surface area contributed by atoms with Crippen LogP contribution in [0.2, 0.25) is 0 Å². The summed E-state index contributed by atoms with van der Waals surface area (Å²) < 4.78 is 50.5. The smallest absolute Gasteiger partial charge is 0.274 e. The van der Waals surface area contributed by atoms with E-state index in [1.807, 2.05) is 6.92 Å². The Morgan fingerprint density at radius 1 is 1.10 bits per heavy atom. The summed E-state index contributed by atoms with van der Waals surface area (Å²) in [6.45, 7) is 6.90. The number of benzene rings is 1. The van der Waals surface area contributed by atoms with Crippen LogP contribution in [0.4, 0.5) is 18.9 Å². The van der Waals surface area contributed by atoms with Crippen LogP contribution in [0.25, 0.3) is 22.4 Å². The minimum absolute atomic E-state index is 0.0605. The first-order chi connectivity index (χ1) is 19.4. The van der Waals surface area contributed by atoms with Gasteiger partial charge in [0.05, 0.1) is 28.7 Å². The van der Waals surface area contributed by atoms with Crippen molar-refractivity contribution >= 4 is 11.6 Å². The molecule has 0 bridgehead atoms. The third-order valence-electron chi connectivity index (χ3n) is 8.15. The number of nitrogens with zero attached hydrogens (tertiary/aromatic N) is 3. The molecule has 4 atom stereocenters. The molecule has 11 heteroatoms. The molecule has 0 saturated heterocycles. The molecule has 0 unspecified atom stereocenters. The van der Waals surface area contributed by atoms with Gasteiger partial charge in [0, 0.05) is 17.8 Å². The van der Waals surface area contributed by atoms with E-state index >= 15 is 8.78 Å². The average Bonchev–Trinajstić information content (AvgIpc) is 3.25. The SMILES string of the molecule is Cc1noc(C)c1-c1cc(F)c(-c2nc(C(=O)Nc3cnccc3[C@H]3C[C@@H](N)[C@](C)(O)[C@@H](C)C3)ccc2F)c(F)c1. The third-order valence-corrected chi connectivity index (χ3v) is 8.15. The Balaban J connectivity index is 1.45. The molecular weight excluding hydrogens is 535 g/mol. The predicted octanol–water partition coefficient (Wildman–Crippen LogP) is 5.68. The number of hydrogen-bond donors (Lipinski definition) is 3. The molecule has 0 spiro atoms. The molecule has 0 radical (unpaired) electrons. The van der Waals surface area contributed by atoms with Crippen LogP contribution in [0.5, 0.6) is 0 Å². The summed E-state index contributed by atoms with van der Waals surface area (Å²) in [7, 11) is 0. The van der Waals surface area contributed by atoms with Crippen LogP contribution in [0, 0.1) is 37.2 Å². The lowest BCUT2D eigenvalue weighted by Crippen LogP contribution is -2.54. The zero-order valence-corrected chi connectivity index (χ0v) is 23.0. The molecule has 8 nitrogen and oxygen atoms in total. The van der Waals surface area contributed by atoms with Gasteiger partial charge in [0.25, 0.3) is 5.91 Å². The van der Waals surface area contributed by atoms with Gasteiger partial charge < -0.3 is 20.7 Å². The number of rotatable bonds is 5. The summed E-state index contributed by atoms with van der Waals surface area (Å²) >= 11 is 0. The minimum atomic E-state index is -1.06. The van der Waals surface area contributed by atoms with Crippen LogP contribution in [0.3, 0.4) is 0 Å². The molecule has 1 aromatic carbocycles. The Bertz CT molecular complexity index is 1580. The van der Waals surface area contributed by atoms with Crippen LogP contribution in [0.1, 0.15) is 60.1 Å². The molecular formula is C30H30F3N5O3. The summed E-state index contributed by atoms with van der Waals surface area (Å²) in [5, 5.41) is 17.3. The minimum Gasteiger partial charge on any atom is -0.388 e. The van der Waals surface area contributed by atoms with Crippen molar-refractivity contribution < 1.29 is 27.6 Å². The normalized spacial score (nSPS) is 22.5. The topological polar surface area (TPSA) is 127 Å². The zero-order valence-electron chi connectivity index (χ0n) is 23.0. The first-order valence-corrected chi connectivity index (χ1v) is 13.2. The quantitative estimate of drug-likeness (QED) is 0.284. The summed E-state index contributed by atoms with van der Waals surface area (Å²) in [4.78, 5) is 21.3. The highest BCUT2D eigenvalue weighted by Crippen LogP contribution is 2.43. The molecule has 1 saturated carbocycles. The van der Waals surface area contributed by atoms with E-state index < -0.39 is 46.3 Å². The van der Waals surface area contributed by atoms with E-state index in [1.165, 1.54) is 6.20 Å². The number of carbonyl (C=O) groups excluding carboxylic acids is 1. The number of halogens is 3. The van der Waals surface area contributed by atoms with Gasteiger partial charge in [-0.25, -0.2) is 18.2 Å². The fourth-order valence-corrected chi connectivity index (χ4v) is 5.56. The van der Waals surface area contributed by atoms with Crippen LogP contribution in [0.15, 0.2) is 47.2 Å². The maximum absolute atomic E-state index is 15.3. The number of nitrogens with one attached hydrogen (secondary N) is 1. The summed E-state index contributed by atoms with van der Waals surface area (Å²) in [6, 6.07) is 5.47. The number of nitrogens with two attached hydrogens (primary N) is 1. The van der Waals surface area contributed by atoms with Crippen molar-refractivity contribution in [3.8, 4) is 22.4 Å². The molecule has 0 aliphatic heterocycles. The molecule has 3 aromatic heterocycles. The molecule has 4 aromatic rings. The molecule has 5 rings (SSSR count). The average molecular weight is 566 g/mol. The monoisotopic (exact) mass is 565 g/mol. The number of pyridine rings is 2. The number of anilines is 1. The van der Waals surface area contributed by atoms with Crippen LogP contribution in [-0.2, 0) is 0 Å². The highest BCUT2D eigenvalue weighted by Gasteiger charge is 2.42. The van der Waals surface area contributed by atoms with Crippen molar-refractivity contribution in [2.75, 3.05) is 5.32 Å². The Labute approximate surface area is 234 Å². The predicted molar refractivity (Wildman–Crippen MR) is 146 cm³/mol. The van der Waals surface area contributed by atoms with Gasteiger partial charge in [0.15, 0.2) is 0 Å². The number of hydrogen-bond acceptors (Lipinski definition) is 7. The fourth-order valence-electron chi connectivity index (χ4n) is 5.56. The van der Waals surface area contributed by atoms with E-state index in [0.717, 1.165) is 29.8 Å². The third kappa shape index (κ3) is 5.22. The molecule has 1 fully saturated rings. The van der Waals surface area contributed by atoms with Crippen molar-refractivity contribution in [2.24, 2.45) is 11.7 Å². The molecule has 4 N–H and O–H groups in total. The van der Waals surface area contributed by atoms with E-state index in [-0.39, 0.29) is 23.1 Å². The molecule has 1 aliphatic rings. The van der Waals surface area contributed by atoms with Gasteiger partial charge in [0.1, 0.15) is 34.6 Å². The zero-order chi connectivity index (χ0) is 29.6. The number of carbonyl (C=O) groups is 1. The van der Waals surface area contributed by atoms with E-state index in [9.17, 15) is 14.3 Å². The van der Waals surface area contributed by atoms with Crippen molar-refractivity contribution in [1.29, 1.82) is 0 Å². The van der Waals surface area contributed by atoms with E-state index in [0.29, 0.717) is 35.5 Å². The Kier molecular flexibility index (Phi) is 7.43. The first kappa shape index (κ1) is 28.4. The Morgan fingerprint density at radius 3 is 2.44 bits per heavy atom. The molecule has 214 valence electrons. The highest BCUT2D eigenvalue weighted by atomic mass is 19.1. The maximum atomic E-state index is 15.3. The van der Waals surface area contributed by atoms with Gasteiger partial charge >= 0.3 is 0 Å². The van der Waals surface area contributed by atoms with Crippen LogP contribution >= 0.6 is 0 Å². The van der Waals surface area contributed by atoms with Crippen molar-refractivity contribution in [1.82, 2.24) is 15.1 Å². The van der Waals surface area contributed by atoms with E-state index in [4.69, 9.17) is 10.3 Å². The van der Waals surface area contributed by atoms with Gasteiger partial charge in [-0.15, -0.1) is 0 Å². The maximum Gasteiger partial charge on any atom is 0.274 e. The molecule has 1 amide bonds. The lowest BCUT2D eigenvalue weighted by atomic mass is 9.68. The summed E-state index contributed by atoms with van der Waals surface area (Å²) in [5.74, 6) is -3.61. The molecule has 3 heterocycles. The fraction of sp³-hybridized carbons (Fsp3) is 0.333. The van der Waals surface area contributed by atoms with Gasteiger partial charge in [-0.3, -0.25) is 9.78 Å². The van der Waals surface area contributed by atoms with Gasteiger partial charge in [0.2, 0.25) is 0 Å². The van der Waals surface area contributed by atoms with E-state index in [2.05, 4.69) is 20.4 Å². The lowest BCUT2D eigenvalue weighted by Gasteiger charge is -2.44. The first-order valence-electron chi connectivity index (χ1n) is 13.2. The van der Waals surface area contributed by atoms with Crippen LogP contribution < -0.4 is 11.1 Å². The van der Waals surface area contributed by atoms with Gasteiger partial charge in [-0.05, 0) is 86.9 Å². The standard InChI is InChI=1S/C30H30F3N5O3/c1-14-9-17(12-25(34)30(14,4)40)19-7-8-35-13-24(19)37-29(39)23-6-5-20(31)28(36-23)27-21(32)10-18(11-22(27)33)26-15(2)38-41-16(26)3/h5-8,10-11,13-14,17,25,40H,9,12,34H2,1-4H3,(H,37,39)/t14-,17+,25+,30+/m0/s1. The second kappa shape index (κ2) is 10.7. The van der Waals surface area contributed by atoms with Crippen molar-refractivity contribution in [3.05, 3.63) is 82.9 Å². The molecule has 41 heavy (non-hydrogen) atoms. The number of aryl methyl sites for hydroxylation is 2. The Morgan fingerprint density at radius 2 is 1.80 bits per heavy atom. The largest absolute Gasteiger partial charge is 0.388 e.